The van der Waals surface area contributed by atoms with Crippen molar-refractivity contribution in [3.63, 3.8) is 0 Å². The average Bonchev–Trinajstić information content (AvgIpc) is 2.71. The van der Waals surface area contributed by atoms with Crippen molar-refractivity contribution in [1.82, 2.24) is 5.32 Å². The SMILES string of the molecule is O=C(CCCCCl)NCCC1=CCCC1. The molecule has 0 heterocycles. The summed E-state index contributed by atoms with van der Waals surface area (Å²) in [5, 5.41) is 2.95. The van der Waals surface area contributed by atoms with Gasteiger partial charge in [0, 0.05) is 18.8 Å². The largest absolute Gasteiger partial charge is 0.356 e. The normalized spacial score (nSPS) is 15.1. The molecule has 1 amide bonds. The van der Waals surface area contributed by atoms with Crippen LogP contribution in [0.1, 0.15) is 44.9 Å². The van der Waals surface area contributed by atoms with Crippen LogP contribution in [0.5, 0.6) is 0 Å². The molecule has 1 N–H and O–H groups in total. The van der Waals surface area contributed by atoms with E-state index in [9.17, 15) is 4.79 Å². The summed E-state index contributed by atoms with van der Waals surface area (Å²) in [6.07, 6.45) is 9.52. The van der Waals surface area contributed by atoms with Gasteiger partial charge in [0.15, 0.2) is 0 Å². The van der Waals surface area contributed by atoms with Crippen LogP contribution in [-0.2, 0) is 4.79 Å². The minimum absolute atomic E-state index is 0.165. The molecule has 0 aromatic rings. The van der Waals surface area contributed by atoms with Crippen LogP contribution in [0.4, 0.5) is 0 Å². The third-order valence-corrected chi connectivity index (χ3v) is 2.96. The first-order valence-electron chi connectivity index (χ1n) is 5.83. The van der Waals surface area contributed by atoms with E-state index < -0.39 is 0 Å². The summed E-state index contributed by atoms with van der Waals surface area (Å²) in [7, 11) is 0. The molecule has 0 aromatic carbocycles. The van der Waals surface area contributed by atoms with E-state index in [1.54, 1.807) is 0 Å². The lowest BCUT2D eigenvalue weighted by Gasteiger charge is -2.05. The molecule has 1 aliphatic rings. The number of hydrogen-bond acceptors (Lipinski definition) is 1. The van der Waals surface area contributed by atoms with Crippen LogP contribution < -0.4 is 5.32 Å². The van der Waals surface area contributed by atoms with E-state index in [4.69, 9.17) is 11.6 Å². The van der Waals surface area contributed by atoms with Gasteiger partial charge in [-0.25, -0.2) is 0 Å². The summed E-state index contributed by atoms with van der Waals surface area (Å²) >= 11 is 5.54. The maximum absolute atomic E-state index is 11.3. The monoisotopic (exact) mass is 229 g/mol. The van der Waals surface area contributed by atoms with E-state index in [0.717, 1.165) is 25.8 Å². The van der Waals surface area contributed by atoms with Gasteiger partial charge in [0.2, 0.25) is 5.91 Å². The van der Waals surface area contributed by atoms with Crippen LogP contribution in [0.3, 0.4) is 0 Å². The smallest absolute Gasteiger partial charge is 0.220 e. The molecule has 1 aliphatic carbocycles. The van der Waals surface area contributed by atoms with Gasteiger partial charge in [0.05, 0.1) is 0 Å². The second-order valence-corrected chi connectivity index (χ2v) is 4.38. The molecule has 2 nitrogen and oxygen atoms in total. The Hall–Kier alpha value is -0.500. The number of unbranched alkanes of at least 4 members (excludes halogenated alkanes) is 1. The third-order valence-electron chi connectivity index (χ3n) is 2.69. The molecule has 0 bridgehead atoms. The highest BCUT2D eigenvalue weighted by atomic mass is 35.5. The van der Waals surface area contributed by atoms with Gasteiger partial charge in [0.1, 0.15) is 0 Å². The van der Waals surface area contributed by atoms with Gasteiger partial charge in [-0.2, -0.15) is 0 Å². The topological polar surface area (TPSA) is 29.1 Å². The Kier molecular flexibility index (Phi) is 6.49. The zero-order chi connectivity index (χ0) is 10.9. The number of allylic oxidation sites excluding steroid dienone is 1. The summed E-state index contributed by atoms with van der Waals surface area (Å²) in [6, 6.07) is 0. The highest BCUT2D eigenvalue weighted by Gasteiger charge is 2.05. The summed E-state index contributed by atoms with van der Waals surface area (Å²) in [5.41, 5.74) is 1.51. The molecule has 86 valence electrons. The molecule has 0 aromatic heterocycles. The van der Waals surface area contributed by atoms with Crippen LogP contribution in [-0.4, -0.2) is 18.3 Å². The number of halogens is 1. The second kappa shape index (κ2) is 7.75. The molecule has 3 heteroatoms. The standard InChI is InChI=1S/C12H20ClNO/c13-9-4-3-7-12(15)14-10-8-11-5-1-2-6-11/h5H,1-4,6-10H2,(H,14,15). The Morgan fingerprint density at radius 1 is 1.47 bits per heavy atom. The number of amides is 1. The minimum Gasteiger partial charge on any atom is -0.356 e. The number of carbonyl (C=O) groups is 1. The first-order chi connectivity index (χ1) is 7.33. The average molecular weight is 230 g/mol. The van der Waals surface area contributed by atoms with Crippen molar-refractivity contribution in [3.05, 3.63) is 11.6 Å². The van der Waals surface area contributed by atoms with Gasteiger partial charge in [-0.15, -0.1) is 11.6 Å². The molecule has 0 radical (unpaired) electrons. The number of alkyl halides is 1. The number of nitrogens with one attached hydrogen (secondary N) is 1. The van der Waals surface area contributed by atoms with Crippen molar-refractivity contribution in [3.8, 4) is 0 Å². The molecular formula is C12H20ClNO. The highest BCUT2D eigenvalue weighted by Crippen LogP contribution is 2.19. The number of rotatable bonds is 7. The molecule has 0 atom stereocenters. The van der Waals surface area contributed by atoms with Crippen LogP contribution >= 0.6 is 11.6 Å². The first-order valence-corrected chi connectivity index (χ1v) is 6.37. The lowest BCUT2D eigenvalue weighted by molar-refractivity contribution is -0.121. The maximum atomic E-state index is 11.3. The molecular weight excluding hydrogens is 210 g/mol. The van der Waals surface area contributed by atoms with Gasteiger partial charge >= 0.3 is 0 Å². The van der Waals surface area contributed by atoms with E-state index >= 15 is 0 Å². The number of hydrogen-bond donors (Lipinski definition) is 1. The zero-order valence-electron chi connectivity index (χ0n) is 9.23. The van der Waals surface area contributed by atoms with Gasteiger partial charge in [-0.1, -0.05) is 11.6 Å². The fourth-order valence-corrected chi connectivity index (χ4v) is 1.98. The van der Waals surface area contributed by atoms with Gasteiger partial charge in [-0.3, -0.25) is 4.79 Å². The van der Waals surface area contributed by atoms with E-state index in [1.807, 2.05) is 0 Å². The second-order valence-electron chi connectivity index (χ2n) is 4.00. The summed E-state index contributed by atoms with van der Waals surface area (Å²) in [5.74, 6) is 0.818. The Labute approximate surface area is 97.1 Å². The predicted octanol–water partition coefficient (Wildman–Crippen LogP) is 3.01. The van der Waals surface area contributed by atoms with Crippen molar-refractivity contribution < 1.29 is 4.79 Å². The molecule has 0 saturated carbocycles. The fraction of sp³-hybridized carbons (Fsp3) is 0.750. The maximum Gasteiger partial charge on any atom is 0.220 e. The molecule has 15 heavy (non-hydrogen) atoms. The Bertz CT molecular complexity index is 226. The third kappa shape index (κ3) is 5.83. The Morgan fingerprint density at radius 2 is 2.33 bits per heavy atom. The Morgan fingerprint density at radius 3 is 3.00 bits per heavy atom. The predicted molar refractivity (Wildman–Crippen MR) is 64.1 cm³/mol. The van der Waals surface area contributed by atoms with Crippen molar-refractivity contribution in [2.24, 2.45) is 0 Å². The van der Waals surface area contributed by atoms with Crippen molar-refractivity contribution >= 4 is 17.5 Å². The first kappa shape index (κ1) is 12.6. The Balaban J connectivity index is 1.96. The molecule has 0 unspecified atom stereocenters. The molecule has 0 fully saturated rings. The van der Waals surface area contributed by atoms with Crippen LogP contribution in [0.25, 0.3) is 0 Å². The zero-order valence-corrected chi connectivity index (χ0v) is 9.98. The van der Waals surface area contributed by atoms with Crippen molar-refractivity contribution in [2.75, 3.05) is 12.4 Å². The molecule has 0 spiro atoms. The summed E-state index contributed by atoms with van der Waals surface area (Å²) in [4.78, 5) is 11.3. The van der Waals surface area contributed by atoms with E-state index in [-0.39, 0.29) is 5.91 Å². The molecule has 0 saturated heterocycles. The van der Waals surface area contributed by atoms with E-state index in [2.05, 4.69) is 11.4 Å². The van der Waals surface area contributed by atoms with Gasteiger partial charge in [0.25, 0.3) is 0 Å². The van der Waals surface area contributed by atoms with Gasteiger partial charge in [-0.05, 0) is 38.5 Å². The summed E-state index contributed by atoms with van der Waals surface area (Å²) < 4.78 is 0. The van der Waals surface area contributed by atoms with Crippen LogP contribution in [0.15, 0.2) is 11.6 Å². The summed E-state index contributed by atoms with van der Waals surface area (Å²) in [6.45, 7) is 0.797. The van der Waals surface area contributed by atoms with E-state index in [0.29, 0.717) is 12.3 Å². The lowest BCUT2D eigenvalue weighted by atomic mass is 10.1. The van der Waals surface area contributed by atoms with Crippen LogP contribution in [0.2, 0.25) is 0 Å². The fourth-order valence-electron chi connectivity index (χ4n) is 1.80. The number of carbonyl (C=O) groups excluding carboxylic acids is 1. The molecule has 0 aliphatic heterocycles. The minimum atomic E-state index is 0.165. The van der Waals surface area contributed by atoms with Gasteiger partial charge < -0.3 is 5.32 Å². The quantitative estimate of drug-likeness (QED) is 0.406. The van der Waals surface area contributed by atoms with Crippen molar-refractivity contribution in [1.29, 1.82) is 0 Å². The lowest BCUT2D eigenvalue weighted by Crippen LogP contribution is -2.24. The molecule has 1 rings (SSSR count). The van der Waals surface area contributed by atoms with E-state index in [1.165, 1.54) is 24.8 Å². The highest BCUT2D eigenvalue weighted by molar-refractivity contribution is 6.17. The van der Waals surface area contributed by atoms with Crippen LogP contribution in [0, 0.1) is 0 Å². The van der Waals surface area contributed by atoms with Crippen molar-refractivity contribution in [2.45, 2.75) is 44.9 Å².